The Balaban J connectivity index is 3.39. The summed E-state index contributed by atoms with van der Waals surface area (Å²) in [4.78, 5) is 0. The summed E-state index contributed by atoms with van der Waals surface area (Å²) >= 11 is 2.11. The Morgan fingerprint density at radius 1 is 1.56 bits per heavy atom. The molecule has 1 N–H and O–H groups in total. The van der Waals surface area contributed by atoms with Crippen molar-refractivity contribution in [3.63, 3.8) is 0 Å². The van der Waals surface area contributed by atoms with Crippen molar-refractivity contribution in [3.8, 4) is 0 Å². The average molecular weight is 237 g/mol. The quantitative estimate of drug-likeness (QED) is 0.450. The topological polar surface area (TPSA) is 12.0 Å². The minimum atomic E-state index is 0.882. The van der Waals surface area contributed by atoms with Crippen LogP contribution in [-0.2, 0) is 0 Å². The predicted molar refractivity (Wildman–Crippen MR) is 50.6 cm³/mol. The monoisotopic (exact) mass is 237 g/mol. The molecule has 52 valence electrons. The summed E-state index contributed by atoms with van der Waals surface area (Å²) < 4.78 is 3.00. The summed E-state index contributed by atoms with van der Waals surface area (Å²) in [5, 5.41) is 0. The third-order valence-corrected chi connectivity index (χ3v) is 1.25. The zero-order valence-electron chi connectivity index (χ0n) is 5.71. The van der Waals surface area contributed by atoms with E-state index in [1.807, 2.05) is 6.92 Å². The third-order valence-electron chi connectivity index (χ3n) is 0.869. The molecule has 0 radical (unpaired) electrons. The van der Waals surface area contributed by atoms with Crippen molar-refractivity contribution in [3.05, 3.63) is 24.3 Å². The molecule has 0 heterocycles. The van der Waals surface area contributed by atoms with E-state index in [0.29, 0.717) is 0 Å². The van der Waals surface area contributed by atoms with E-state index in [4.69, 9.17) is 0 Å². The average Bonchev–Trinajstić information content (AvgIpc) is 1.63. The van der Waals surface area contributed by atoms with Crippen LogP contribution in [0.1, 0.15) is 13.3 Å². The highest BCUT2D eigenvalue weighted by atomic mass is 127. The fourth-order valence-electron chi connectivity index (χ4n) is 0.584. The van der Waals surface area contributed by atoms with Crippen molar-refractivity contribution in [1.82, 2.24) is 3.53 Å². The number of hydrogen-bond acceptors (Lipinski definition) is 1. The van der Waals surface area contributed by atoms with Crippen molar-refractivity contribution in [1.29, 1.82) is 0 Å². The number of halogens is 1. The van der Waals surface area contributed by atoms with Gasteiger partial charge in [-0.1, -0.05) is 24.3 Å². The van der Waals surface area contributed by atoms with E-state index in [1.165, 1.54) is 11.1 Å². The highest BCUT2D eigenvalue weighted by molar-refractivity contribution is 14.1. The number of allylic oxidation sites excluding steroid dienone is 1. The van der Waals surface area contributed by atoms with Crippen LogP contribution in [0.3, 0.4) is 0 Å². The first-order valence-corrected chi connectivity index (χ1v) is 3.89. The molecule has 0 rings (SSSR count). The molecule has 0 amide bonds. The molecule has 2 heteroatoms. The first-order chi connectivity index (χ1) is 4.16. The molecular weight excluding hydrogens is 225 g/mol. The van der Waals surface area contributed by atoms with Gasteiger partial charge in [0.25, 0.3) is 0 Å². The molecule has 0 aromatic heterocycles. The maximum Gasteiger partial charge on any atom is 0.0261 e. The molecule has 0 aliphatic heterocycles. The van der Waals surface area contributed by atoms with Crippen LogP contribution in [0.25, 0.3) is 0 Å². The molecule has 0 aliphatic rings. The minimum absolute atomic E-state index is 0.882. The van der Waals surface area contributed by atoms with Gasteiger partial charge in [0.15, 0.2) is 0 Å². The summed E-state index contributed by atoms with van der Waals surface area (Å²) in [6.45, 7) is 10.5. The lowest BCUT2D eigenvalue weighted by Crippen LogP contribution is -2.02. The van der Waals surface area contributed by atoms with Gasteiger partial charge in [-0.3, -0.25) is 3.53 Å². The van der Waals surface area contributed by atoms with Gasteiger partial charge >= 0.3 is 0 Å². The Labute approximate surface area is 70.7 Å². The molecule has 0 spiro atoms. The Hall–Kier alpha value is 0.170. The number of hydrogen-bond donors (Lipinski definition) is 1. The Bertz CT molecular complexity index is 118. The molecule has 0 atom stereocenters. The van der Waals surface area contributed by atoms with Gasteiger partial charge in [0.1, 0.15) is 0 Å². The zero-order chi connectivity index (χ0) is 7.28. The van der Waals surface area contributed by atoms with Gasteiger partial charge < -0.3 is 0 Å². The second-order valence-electron chi connectivity index (χ2n) is 2.19. The second kappa shape index (κ2) is 4.99. The number of nitrogens with one attached hydrogen (secondary N) is 1. The maximum atomic E-state index is 3.86. The van der Waals surface area contributed by atoms with Crippen molar-refractivity contribution in [2.45, 2.75) is 13.3 Å². The standard InChI is InChI=1S/C7H12IN/c1-6(2)4-7(3)5-9-8/h9H,1,3-5H2,2H3. The van der Waals surface area contributed by atoms with Crippen LogP contribution >= 0.6 is 22.9 Å². The van der Waals surface area contributed by atoms with E-state index < -0.39 is 0 Å². The van der Waals surface area contributed by atoms with Crippen molar-refractivity contribution < 1.29 is 0 Å². The first kappa shape index (κ1) is 9.17. The Morgan fingerprint density at radius 2 is 2.11 bits per heavy atom. The van der Waals surface area contributed by atoms with Crippen LogP contribution in [0.2, 0.25) is 0 Å². The smallest absolute Gasteiger partial charge is 0.0261 e. The van der Waals surface area contributed by atoms with E-state index in [0.717, 1.165) is 13.0 Å². The van der Waals surface area contributed by atoms with Crippen molar-refractivity contribution in [2.24, 2.45) is 0 Å². The van der Waals surface area contributed by atoms with Gasteiger partial charge in [0.05, 0.1) is 0 Å². The summed E-state index contributed by atoms with van der Waals surface area (Å²) in [6, 6.07) is 0. The molecule has 0 bridgehead atoms. The molecule has 0 unspecified atom stereocenters. The minimum Gasteiger partial charge on any atom is -0.257 e. The lowest BCUT2D eigenvalue weighted by molar-refractivity contribution is 1.00. The summed E-state index contributed by atoms with van der Waals surface area (Å²) in [5.74, 6) is 0. The fraction of sp³-hybridized carbons (Fsp3) is 0.429. The lowest BCUT2D eigenvalue weighted by Gasteiger charge is -2.01. The van der Waals surface area contributed by atoms with Crippen molar-refractivity contribution in [2.75, 3.05) is 6.54 Å². The first-order valence-electron chi connectivity index (χ1n) is 2.81. The molecule has 0 aliphatic carbocycles. The van der Waals surface area contributed by atoms with E-state index in [2.05, 4.69) is 39.6 Å². The van der Waals surface area contributed by atoms with Crippen LogP contribution in [0.15, 0.2) is 24.3 Å². The largest absolute Gasteiger partial charge is 0.257 e. The number of rotatable bonds is 4. The van der Waals surface area contributed by atoms with Crippen LogP contribution in [-0.4, -0.2) is 6.54 Å². The highest BCUT2D eigenvalue weighted by Crippen LogP contribution is 2.04. The van der Waals surface area contributed by atoms with Gasteiger partial charge in [-0.25, -0.2) is 0 Å². The molecule has 0 aromatic rings. The molecule has 9 heavy (non-hydrogen) atoms. The van der Waals surface area contributed by atoms with Gasteiger partial charge in [-0.2, -0.15) is 0 Å². The Kier molecular flexibility index (Phi) is 5.09. The molecule has 0 fully saturated rings. The van der Waals surface area contributed by atoms with Gasteiger partial charge in [0, 0.05) is 29.4 Å². The normalized spacial score (nSPS) is 9.11. The van der Waals surface area contributed by atoms with E-state index in [-0.39, 0.29) is 0 Å². The van der Waals surface area contributed by atoms with Crippen LogP contribution in [0.4, 0.5) is 0 Å². The third kappa shape index (κ3) is 6.05. The van der Waals surface area contributed by atoms with E-state index in [1.54, 1.807) is 0 Å². The van der Waals surface area contributed by atoms with Gasteiger partial charge in [-0.05, 0) is 13.3 Å². The highest BCUT2D eigenvalue weighted by Gasteiger charge is 1.91. The molecule has 0 saturated heterocycles. The van der Waals surface area contributed by atoms with Crippen LogP contribution in [0.5, 0.6) is 0 Å². The summed E-state index contributed by atoms with van der Waals surface area (Å²) in [6.07, 6.45) is 0.940. The van der Waals surface area contributed by atoms with E-state index in [9.17, 15) is 0 Å². The molecular formula is C7H12IN. The van der Waals surface area contributed by atoms with Crippen LogP contribution in [0, 0.1) is 0 Å². The SMILES string of the molecule is C=C(C)CC(=C)CNI. The van der Waals surface area contributed by atoms with Gasteiger partial charge in [-0.15, -0.1) is 0 Å². The molecule has 0 saturated carbocycles. The zero-order valence-corrected chi connectivity index (χ0v) is 7.86. The van der Waals surface area contributed by atoms with Gasteiger partial charge in [0.2, 0.25) is 0 Å². The maximum absolute atomic E-state index is 3.86. The molecule has 1 nitrogen and oxygen atoms in total. The summed E-state index contributed by atoms with van der Waals surface area (Å²) in [7, 11) is 0. The summed E-state index contributed by atoms with van der Waals surface area (Å²) in [5.41, 5.74) is 2.36. The fourth-order valence-corrected chi connectivity index (χ4v) is 1.12. The Morgan fingerprint density at radius 3 is 2.44 bits per heavy atom. The second-order valence-corrected chi connectivity index (χ2v) is 2.96. The van der Waals surface area contributed by atoms with Crippen molar-refractivity contribution >= 4 is 22.9 Å². The van der Waals surface area contributed by atoms with E-state index >= 15 is 0 Å². The lowest BCUT2D eigenvalue weighted by atomic mass is 10.1. The molecule has 0 aromatic carbocycles. The van der Waals surface area contributed by atoms with Crippen LogP contribution < -0.4 is 3.53 Å². The predicted octanol–water partition coefficient (Wildman–Crippen LogP) is 2.45.